The molecule has 0 aromatic carbocycles. The standard InChI is InChI=1S/C7H9NOS/c1-2-3-7-8-4-6(5-9)10-7/h2,4,9H,1,3,5H2. The zero-order chi connectivity index (χ0) is 7.40. The minimum Gasteiger partial charge on any atom is -0.391 e. The van der Waals surface area contributed by atoms with Crippen molar-refractivity contribution in [2.45, 2.75) is 13.0 Å². The Bertz CT molecular complexity index is 219. The Labute approximate surface area is 63.9 Å². The second-order valence-corrected chi connectivity index (χ2v) is 3.07. The molecule has 0 aliphatic carbocycles. The lowest BCUT2D eigenvalue weighted by molar-refractivity contribution is 0.285. The highest BCUT2D eigenvalue weighted by atomic mass is 32.1. The lowest BCUT2D eigenvalue weighted by Gasteiger charge is -1.82. The molecule has 0 fully saturated rings. The van der Waals surface area contributed by atoms with Crippen LogP contribution in [0.3, 0.4) is 0 Å². The first-order valence-corrected chi connectivity index (χ1v) is 3.84. The van der Waals surface area contributed by atoms with Gasteiger partial charge in [-0.2, -0.15) is 0 Å². The quantitative estimate of drug-likeness (QED) is 0.669. The normalized spacial score (nSPS) is 9.70. The maximum absolute atomic E-state index is 8.66. The number of hydrogen-bond donors (Lipinski definition) is 1. The largest absolute Gasteiger partial charge is 0.391 e. The Hall–Kier alpha value is -0.670. The third kappa shape index (κ3) is 1.65. The van der Waals surface area contributed by atoms with Crippen molar-refractivity contribution in [1.82, 2.24) is 4.98 Å². The van der Waals surface area contributed by atoms with E-state index in [-0.39, 0.29) is 6.61 Å². The molecular weight excluding hydrogens is 146 g/mol. The van der Waals surface area contributed by atoms with E-state index in [0.717, 1.165) is 16.3 Å². The van der Waals surface area contributed by atoms with Gasteiger partial charge >= 0.3 is 0 Å². The number of thiazole rings is 1. The Kier molecular flexibility index (Phi) is 2.59. The number of hydrogen-bond acceptors (Lipinski definition) is 3. The molecule has 0 unspecified atom stereocenters. The lowest BCUT2D eigenvalue weighted by Crippen LogP contribution is -1.73. The highest BCUT2D eigenvalue weighted by Gasteiger charge is 1.96. The van der Waals surface area contributed by atoms with Gasteiger partial charge in [-0.25, -0.2) is 4.98 Å². The topological polar surface area (TPSA) is 33.1 Å². The molecule has 0 atom stereocenters. The van der Waals surface area contributed by atoms with Gasteiger partial charge in [-0.3, -0.25) is 0 Å². The molecule has 1 rings (SSSR count). The SMILES string of the molecule is C=CCc1ncc(CO)s1. The van der Waals surface area contributed by atoms with Crippen LogP contribution in [-0.4, -0.2) is 10.1 Å². The van der Waals surface area contributed by atoms with E-state index in [2.05, 4.69) is 11.6 Å². The lowest BCUT2D eigenvalue weighted by atomic mass is 10.4. The van der Waals surface area contributed by atoms with Gasteiger partial charge in [0.1, 0.15) is 0 Å². The highest BCUT2D eigenvalue weighted by Crippen LogP contribution is 2.12. The summed E-state index contributed by atoms with van der Waals surface area (Å²) in [6, 6.07) is 0. The molecule has 1 heterocycles. The molecule has 0 saturated heterocycles. The van der Waals surface area contributed by atoms with Crippen molar-refractivity contribution in [3.05, 3.63) is 28.7 Å². The maximum atomic E-state index is 8.66. The van der Waals surface area contributed by atoms with Crippen LogP contribution in [0.1, 0.15) is 9.88 Å². The van der Waals surface area contributed by atoms with Crippen molar-refractivity contribution >= 4 is 11.3 Å². The van der Waals surface area contributed by atoms with Gasteiger partial charge in [0, 0.05) is 12.6 Å². The smallest absolute Gasteiger partial charge is 0.0966 e. The molecule has 2 nitrogen and oxygen atoms in total. The average molecular weight is 155 g/mol. The van der Waals surface area contributed by atoms with Crippen molar-refractivity contribution < 1.29 is 5.11 Å². The molecule has 1 aromatic rings. The molecule has 0 radical (unpaired) electrons. The van der Waals surface area contributed by atoms with Crippen molar-refractivity contribution in [3.8, 4) is 0 Å². The summed E-state index contributed by atoms with van der Waals surface area (Å²) in [4.78, 5) is 4.98. The van der Waals surface area contributed by atoms with E-state index < -0.39 is 0 Å². The molecule has 0 aliphatic rings. The second-order valence-electron chi connectivity index (χ2n) is 1.87. The maximum Gasteiger partial charge on any atom is 0.0966 e. The molecule has 0 spiro atoms. The van der Waals surface area contributed by atoms with E-state index in [4.69, 9.17) is 5.11 Å². The molecule has 10 heavy (non-hydrogen) atoms. The van der Waals surface area contributed by atoms with Crippen molar-refractivity contribution in [1.29, 1.82) is 0 Å². The van der Waals surface area contributed by atoms with Crippen molar-refractivity contribution in [2.24, 2.45) is 0 Å². The number of nitrogens with zero attached hydrogens (tertiary/aromatic N) is 1. The Morgan fingerprint density at radius 1 is 1.80 bits per heavy atom. The second kappa shape index (κ2) is 3.49. The van der Waals surface area contributed by atoms with E-state index in [0.29, 0.717) is 0 Å². The number of aliphatic hydroxyl groups is 1. The minimum absolute atomic E-state index is 0.0921. The number of aromatic nitrogens is 1. The molecule has 3 heteroatoms. The van der Waals surface area contributed by atoms with E-state index in [9.17, 15) is 0 Å². The summed E-state index contributed by atoms with van der Waals surface area (Å²) < 4.78 is 0. The molecule has 54 valence electrons. The van der Waals surface area contributed by atoms with Gasteiger partial charge in [0.25, 0.3) is 0 Å². The summed E-state index contributed by atoms with van der Waals surface area (Å²) in [5, 5.41) is 9.68. The summed E-state index contributed by atoms with van der Waals surface area (Å²) in [5.41, 5.74) is 0. The van der Waals surface area contributed by atoms with Gasteiger partial charge in [0.2, 0.25) is 0 Å². The minimum atomic E-state index is 0.0921. The van der Waals surface area contributed by atoms with Crippen molar-refractivity contribution in [2.75, 3.05) is 0 Å². The van der Waals surface area contributed by atoms with Crippen LogP contribution in [-0.2, 0) is 13.0 Å². The monoisotopic (exact) mass is 155 g/mol. The van der Waals surface area contributed by atoms with Gasteiger partial charge < -0.3 is 5.11 Å². The van der Waals surface area contributed by atoms with Crippen LogP contribution in [0.25, 0.3) is 0 Å². The average Bonchev–Trinajstić information content (AvgIpc) is 2.37. The van der Waals surface area contributed by atoms with Gasteiger partial charge in [-0.1, -0.05) is 6.08 Å². The summed E-state index contributed by atoms with van der Waals surface area (Å²) >= 11 is 1.53. The Morgan fingerprint density at radius 2 is 2.60 bits per heavy atom. The van der Waals surface area contributed by atoms with Gasteiger partial charge in [-0.15, -0.1) is 17.9 Å². The van der Waals surface area contributed by atoms with E-state index in [1.165, 1.54) is 11.3 Å². The van der Waals surface area contributed by atoms with Gasteiger partial charge in [-0.05, 0) is 0 Å². The fraction of sp³-hybridized carbons (Fsp3) is 0.286. The Balaban J connectivity index is 2.67. The molecule has 1 N–H and O–H groups in total. The summed E-state index contributed by atoms with van der Waals surface area (Å²) in [7, 11) is 0. The van der Waals surface area contributed by atoms with Crippen LogP contribution in [0.2, 0.25) is 0 Å². The first-order valence-electron chi connectivity index (χ1n) is 3.02. The predicted octanol–water partition coefficient (Wildman–Crippen LogP) is 1.36. The van der Waals surface area contributed by atoms with Crippen LogP contribution in [0.4, 0.5) is 0 Å². The molecular formula is C7H9NOS. The number of aliphatic hydroxyl groups excluding tert-OH is 1. The number of allylic oxidation sites excluding steroid dienone is 1. The third-order valence-electron chi connectivity index (χ3n) is 1.08. The van der Waals surface area contributed by atoms with Crippen LogP contribution in [0.15, 0.2) is 18.9 Å². The summed E-state index contributed by atoms with van der Waals surface area (Å²) in [6.45, 7) is 3.69. The molecule has 0 bridgehead atoms. The predicted molar refractivity (Wildman–Crippen MR) is 41.9 cm³/mol. The fourth-order valence-electron chi connectivity index (χ4n) is 0.639. The zero-order valence-electron chi connectivity index (χ0n) is 5.58. The van der Waals surface area contributed by atoms with Crippen LogP contribution < -0.4 is 0 Å². The van der Waals surface area contributed by atoms with Crippen LogP contribution >= 0.6 is 11.3 Å². The first kappa shape index (κ1) is 7.44. The first-order chi connectivity index (χ1) is 4.86. The molecule has 1 aromatic heterocycles. The summed E-state index contributed by atoms with van der Waals surface area (Å²) in [5.74, 6) is 0. The third-order valence-corrected chi connectivity index (χ3v) is 2.08. The molecule has 0 aliphatic heterocycles. The van der Waals surface area contributed by atoms with E-state index in [1.54, 1.807) is 12.3 Å². The van der Waals surface area contributed by atoms with Crippen LogP contribution in [0, 0.1) is 0 Å². The highest BCUT2D eigenvalue weighted by molar-refractivity contribution is 7.11. The van der Waals surface area contributed by atoms with Gasteiger partial charge in [0.15, 0.2) is 0 Å². The van der Waals surface area contributed by atoms with Crippen LogP contribution in [0.5, 0.6) is 0 Å². The molecule has 0 amide bonds. The van der Waals surface area contributed by atoms with Crippen molar-refractivity contribution in [3.63, 3.8) is 0 Å². The molecule has 0 saturated carbocycles. The Morgan fingerprint density at radius 3 is 3.10 bits per heavy atom. The number of rotatable bonds is 3. The van der Waals surface area contributed by atoms with Gasteiger partial charge in [0.05, 0.1) is 16.5 Å². The van der Waals surface area contributed by atoms with E-state index in [1.807, 2.05) is 0 Å². The summed E-state index contributed by atoms with van der Waals surface area (Å²) in [6.07, 6.45) is 4.30. The fourth-order valence-corrected chi connectivity index (χ4v) is 1.42. The van der Waals surface area contributed by atoms with E-state index >= 15 is 0 Å². The zero-order valence-corrected chi connectivity index (χ0v) is 6.40.